The number of nitrogens with zero attached hydrogens (tertiary/aromatic N) is 3. The van der Waals surface area contributed by atoms with Crippen LogP contribution >= 0.6 is 0 Å². The molecule has 2 aromatic rings. The lowest BCUT2D eigenvalue weighted by Gasteiger charge is -2.17. The van der Waals surface area contributed by atoms with E-state index in [4.69, 9.17) is 10.5 Å². The molecule has 0 fully saturated rings. The molecule has 0 aliphatic rings. The standard InChI is InChI=1S/C9H13N5O2/c1-9(2,15)4-16-7-5-3-11-14-6(5)12-8(10)13-7/h3,15H,4H2,1-2H3,(H3,10,11,12,13,14). The van der Waals surface area contributed by atoms with Gasteiger partial charge >= 0.3 is 0 Å². The van der Waals surface area contributed by atoms with Gasteiger partial charge < -0.3 is 15.6 Å². The summed E-state index contributed by atoms with van der Waals surface area (Å²) in [5.41, 5.74) is 5.09. The van der Waals surface area contributed by atoms with Crippen molar-refractivity contribution in [2.24, 2.45) is 0 Å². The highest BCUT2D eigenvalue weighted by Crippen LogP contribution is 2.21. The zero-order chi connectivity index (χ0) is 11.8. The Balaban J connectivity index is 2.32. The van der Waals surface area contributed by atoms with Crippen LogP contribution in [0.5, 0.6) is 5.88 Å². The predicted molar refractivity (Wildman–Crippen MR) is 57.9 cm³/mol. The number of fused-ring (bicyclic) bond motifs is 1. The van der Waals surface area contributed by atoms with Gasteiger partial charge in [0.15, 0.2) is 5.65 Å². The molecule has 0 bridgehead atoms. The fourth-order valence-corrected chi connectivity index (χ4v) is 1.18. The summed E-state index contributed by atoms with van der Waals surface area (Å²) in [6.07, 6.45) is 1.55. The summed E-state index contributed by atoms with van der Waals surface area (Å²) in [6.45, 7) is 3.40. The van der Waals surface area contributed by atoms with Gasteiger partial charge in [-0.3, -0.25) is 5.10 Å². The first-order valence-corrected chi connectivity index (χ1v) is 4.77. The summed E-state index contributed by atoms with van der Waals surface area (Å²) >= 11 is 0. The van der Waals surface area contributed by atoms with Gasteiger partial charge in [0.25, 0.3) is 0 Å². The normalized spacial score (nSPS) is 11.9. The molecule has 0 spiro atoms. The molecule has 2 rings (SSSR count). The van der Waals surface area contributed by atoms with E-state index in [0.717, 1.165) is 0 Å². The van der Waals surface area contributed by atoms with Crippen LogP contribution in [0.2, 0.25) is 0 Å². The highest BCUT2D eigenvalue weighted by Gasteiger charge is 2.16. The number of aliphatic hydroxyl groups is 1. The quantitative estimate of drug-likeness (QED) is 0.680. The van der Waals surface area contributed by atoms with Crippen LogP contribution < -0.4 is 10.5 Å². The van der Waals surface area contributed by atoms with Gasteiger partial charge in [0, 0.05) is 0 Å². The van der Waals surface area contributed by atoms with Gasteiger partial charge in [-0.1, -0.05) is 0 Å². The third-order valence-corrected chi connectivity index (χ3v) is 1.85. The van der Waals surface area contributed by atoms with Crippen molar-refractivity contribution in [2.75, 3.05) is 12.3 Å². The van der Waals surface area contributed by atoms with Crippen molar-refractivity contribution >= 4 is 17.0 Å². The van der Waals surface area contributed by atoms with Crippen molar-refractivity contribution < 1.29 is 9.84 Å². The minimum absolute atomic E-state index is 0.0995. The molecule has 0 saturated heterocycles. The molecule has 0 aliphatic heterocycles. The molecule has 0 atom stereocenters. The van der Waals surface area contributed by atoms with Crippen molar-refractivity contribution in [3.8, 4) is 5.88 Å². The Labute approximate surface area is 91.7 Å². The first kappa shape index (κ1) is 10.6. The van der Waals surface area contributed by atoms with E-state index in [9.17, 15) is 5.11 Å². The zero-order valence-electron chi connectivity index (χ0n) is 9.06. The van der Waals surface area contributed by atoms with Crippen LogP contribution in [0.4, 0.5) is 5.95 Å². The molecule has 0 aliphatic carbocycles. The summed E-state index contributed by atoms with van der Waals surface area (Å²) in [4.78, 5) is 7.90. The van der Waals surface area contributed by atoms with Crippen LogP contribution in [0.25, 0.3) is 11.0 Å². The summed E-state index contributed by atoms with van der Waals surface area (Å²) in [7, 11) is 0. The van der Waals surface area contributed by atoms with Crippen LogP contribution in [-0.2, 0) is 0 Å². The number of hydrogen-bond acceptors (Lipinski definition) is 6. The van der Waals surface area contributed by atoms with Gasteiger partial charge in [-0.25, -0.2) is 0 Å². The van der Waals surface area contributed by atoms with Crippen LogP contribution in [-0.4, -0.2) is 37.5 Å². The zero-order valence-corrected chi connectivity index (χ0v) is 9.06. The van der Waals surface area contributed by atoms with Crippen LogP contribution in [0, 0.1) is 0 Å². The van der Waals surface area contributed by atoms with Crippen molar-refractivity contribution in [1.29, 1.82) is 0 Å². The maximum Gasteiger partial charge on any atom is 0.229 e. The van der Waals surface area contributed by atoms with Gasteiger partial charge in [0.2, 0.25) is 11.8 Å². The number of nitrogens with one attached hydrogen (secondary N) is 1. The third-order valence-electron chi connectivity index (χ3n) is 1.85. The molecule has 7 heteroatoms. The van der Waals surface area contributed by atoms with Crippen molar-refractivity contribution in [3.05, 3.63) is 6.20 Å². The molecule has 0 unspecified atom stereocenters. The molecule has 2 aromatic heterocycles. The molecule has 2 heterocycles. The number of hydrogen-bond donors (Lipinski definition) is 3. The number of H-pyrrole nitrogens is 1. The maximum absolute atomic E-state index is 9.55. The van der Waals surface area contributed by atoms with E-state index >= 15 is 0 Å². The second-order valence-corrected chi connectivity index (χ2v) is 4.12. The van der Waals surface area contributed by atoms with Gasteiger partial charge in [-0.2, -0.15) is 15.1 Å². The fourth-order valence-electron chi connectivity index (χ4n) is 1.18. The molecule has 86 valence electrons. The Hall–Kier alpha value is -1.89. The second kappa shape index (κ2) is 3.60. The SMILES string of the molecule is CC(C)(O)COc1nc(N)nc2[nH]ncc12. The van der Waals surface area contributed by atoms with Crippen LogP contribution in [0.15, 0.2) is 6.20 Å². The highest BCUT2D eigenvalue weighted by molar-refractivity contribution is 5.80. The van der Waals surface area contributed by atoms with Gasteiger partial charge in [-0.05, 0) is 13.8 Å². The third kappa shape index (κ3) is 2.19. The lowest BCUT2D eigenvalue weighted by Crippen LogP contribution is -2.28. The molecular weight excluding hydrogens is 210 g/mol. The molecule has 16 heavy (non-hydrogen) atoms. The van der Waals surface area contributed by atoms with Crippen molar-refractivity contribution in [2.45, 2.75) is 19.4 Å². The topological polar surface area (TPSA) is 110 Å². The number of anilines is 1. The van der Waals surface area contributed by atoms with Gasteiger partial charge in [-0.15, -0.1) is 0 Å². The van der Waals surface area contributed by atoms with Gasteiger partial charge in [0.05, 0.1) is 11.8 Å². The van der Waals surface area contributed by atoms with E-state index in [-0.39, 0.29) is 12.6 Å². The molecular formula is C9H13N5O2. The number of rotatable bonds is 3. The lowest BCUT2D eigenvalue weighted by atomic mass is 10.2. The predicted octanol–water partition coefficient (Wildman–Crippen LogP) is 0.0848. The molecule has 0 amide bonds. The van der Waals surface area contributed by atoms with Crippen molar-refractivity contribution in [1.82, 2.24) is 20.2 Å². The highest BCUT2D eigenvalue weighted by atomic mass is 16.5. The summed E-state index contributed by atoms with van der Waals surface area (Å²) in [5.74, 6) is 0.417. The fraction of sp³-hybridized carbons (Fsp3) is 0.444. The van der Waals surface area contributed by atoms with E-state index in [1.165, 1.54) is 0 Å². The molecule has 0 radical (unpaired) electrons. The lowest BCUT2D eigenvalue weighted by molar-refractivity contribution is 0.0275. The van der Waals surface area contributed by atoms with E-state index in [1.54, 1.807) is 20.0 Å². The Morgan fingerprint density at radius 3 is 2.94 bits per heavy atom. The minimum atomic E-state index is -0.935. The van der Waals surface area contributed by atoms with Crippen LogP contribution in [0.1, 0.15) is 13.8 Å². The second-order valence-electron chi connectivity index (χ2n) is 4.12. The monoisotopic (exact) mass is 223 g/mol. The van der Waals surface area contributed by atoms with Gasteiger partial charge in [0.1, 0.15) is 12.0 Å². The van der Waals surface area contributed by atoms with E-state index in [2.05, 4.69) is 20.2 Å². The molecule has 0 saturated carbocycles. The molecule has 4 N–H and O–H groups in total. The molecule has 0 aromatic carbocycles. The summed E-state index contributed by atoms with van der Waals surface area (Å²) in [5, 5.41) is 16.7. The maximum atomic E-state index is 9.55. The van der Waals surface area contributed by atoms with E-state index < -0.39 is 5.60 Å². The van der Waals surface area contributed by atoms with E-state index in [1.807, 2.05) is 0 Å². The average molecular weight is 223 g/mol. The minimum Gasteiger partial charge on any atom is -0.474 e. The van der Waals surface area contributed by atoms with Crippen LogP contribution in [0.3, 0.4) is 0 Å². The largest absolute Gasteiger partial charge is 0.474 e. The Morgan fingerprint density at radius 2 is 2.25 bits per heavy atom. The summed E-state index contributed by atoms with van der Waals surface area (Å²) in [6, 6.07) is 0. The summed E-state index contributed by atoms with van der Waals surface area (Å²) < 4.78 is 5.38. The Morgan fingerprint density at radius 1 is 1.50 bits per heavy atom. The first-order valence-electron chi connectivity index (χ1n) is 4.77. The average Bonchev–Trinajstić information content (AvgIpc) is 2.60. The molecule has 7 nitrogen and oxygen atoms in total. The number of aromatic nitrogens is 4. The van der Waals surface area contributed by atoms with Crippen molar-refractivity contribution in [3.63, 3.8) is 0 Å². The Kier molecular flexibility index (Phi) is 2.39. The van der Waals surface area contributed by atoms with E-state index in [0.29, 0.717) is 16.9 Å². The number of aromatic amines is 1. The Bertz CT molecular complexity index is 502. The first-order chi connectivity index (χ1) is 7.46. The number of nitrogens with two attached hydrogens (primary N) is 1. The number of nitrogen functional groups attached to an aromatic ring is 1. The number of ether oxygens (including phenoxy) is 1. The smallest absolute Gasteiger partial charge is 0.229 e.